The molecule has 2 rings (SSSR count). The molecule has 1 aliphatic carbocycles. The molecule has 0 bridgehead atoms. The van der Waals surface area contributed by atoms with Gasteiger partial charge in [-0.3, -0.25) is 9.59 Å². The fourth-order valence-electron chi connectivity index (χ4n) is 2.08. The van der Waals surface area contributed by atoms with Crippen LogP contribution in [0.15, 0.2) is 30.3 Å². The fraction of sp³-hybridized carbons (Fsp3) is 0.429. The molecule has 96 valence electrons. The van der Waals surface area contributed by atoms with E-state index in [1.54, 1.807) is 11.9 Å². The Morgan fingerprint density at radius 2 is 1.94 bits per heavy atom. The molecule has 1 aliphatic rings. The predicted octanol–water partition coefficient (Wildman–Crippen LogP) is 1.41. The van der Waals surface area contributed by atoms with E-state index in [9.17, 15) is 9.59 Å². The summed E-state index contributed by atoms with van der Waals surface area (Å²) in [6, 6.07) is 9.95. The molecule has 1 fully saturated rings. The standard InChI is InChI=1S/C14H17NO3/c1-15(8-7-10-5-3-2-4-6-10)13(16)11-9-12(11)14(17)18/h2-6,11-12H,7-9H2,1H3,(H,17,18)/t11-,12+/m1/s1. The van der Waals surface area contributed by atoms with Crippen LogP contribution in [0.25, 0.3) is 0 Å². The lowest BCUT2D eigenvalue weighted by Crippen LogP contribution is -2.31. The molecule has 0 radical (unpaired) electrons. The number of carboxylic acids is 1. The lowest BCUT2D eigenvalue weighted by molar-refractivity contribution is -0.141. The molecule has 1 aromatic carbocycles. The topological polar surface area (TPSA) is 57.6 Å². The summed E-state index contributed by atoms with van der Waals surface area (Å²) in [4.78, 5) is 24.3. The van der Waals surface area contributed by atoms with Crippen LogP contribution in [0.1, 0.15) is 12.0 Å². The number of benzene rings is 1. The fourth-order valence-corrected chi connectivity index (χ4v) is 2.08. The molecule has 0 unspecified atom stereocenters. The average Bonchev–Trinajstić information content (AvgIpc) is 3.16. The first-order valence-corrected chi connectivity index (χ1v) is 6.11. The number of hydrogen-bond acceptors (Lipinski definition) is 2. The van der Waals surface area contributed by atoms with Crippen molar-refractivity contribution in [1.29, 1.82) is 0 Å². The quantitative estimate of drug-likeness (QED) is 0.855. The van der Waals surface area contributed by atoms with E-state index in [-0.39, 0.29) is 11.8 Å². The predicted molar refractivity (Wildman–Crippen MR) is 67.0 cm³/mol. The Balaban J connectivity index is 1.80. The third-order valence-electron chi connectivity index (χ3n) is 3.38. The van der Waals surface area contributed by atoms with Gasteiger partial charge in [0, 0.05) is 13.6 Å². The third-order valence-corrected chi connectivity index (χ3v) is 3.38. The molecule has 0 aliphatic heterocycles. The van der Waals surface area contributed by atoms with Gasteiger partial charge in [-0.1, -0.05) is 30.3 Å². The maximum Gasteiger partial charge on any atom is 0.307 e. The Kier molecular flexibility index (Phi) is 3.65. The van der Waals surface area contributed by atoms with E-state index >= 15 is 0 Å². The molecule has 4 heteroatoms. The zero-order chi connectivity index (χ0) is 13.1. The highest BCUT2D eigenvalue weighted by Crippen LogP contribution is 2.39. The van der Waals surface area contributed by atoms with E-state index in [0.29, 0.717) is 13.0 Å². The molecule has 1 N–H and O–H groups in total. The Bertz CT molecular complexity index is 444. The van der Waals surface area contributed by atoms with E-state index in [0.717, 1.165) is 6.42 Å². The molecular formula is C14H17NO3. The van der Waals surface area contributed by atoms with Gasteiger partial charge < -0.3 is 10.0 Å². The second-order valence-electron chi connectivity index (χ2n) is 4.78. The SMILES string of the molecule is CN(CCc1ccccc1)C(=O)[C@@H]1C[C@@H]1C(=O)O. The van der Waals surface area contributed by atoms with Crippen molar-refractivity contribution in [1.82, 2.24) is 4.90 Å². The summed E-state index contributed by atoms with van der Waals surface area (Å²) < 4.78 is 0. The normalized spacial score (nSPS) is 21.4. The van der Waals surface area contributed by atoms with Crippen LogP contribution in [0.2, 0.25) is 0 Å². The first-order valence-electron chi connectivity index (χ1n) is 6.11. The maximum atomic E-state index is 11.9. The Labute approximate surface area is 106 Å². The smallest absolute Gasteiger partial charge is 0.307 e. The minimum atomic E-state index is -0.857. The summed E-state index contributed by atoms with van der Waals surface area (Å²) in [6.07, 6.45) is 1.29. The van der Waals surface area contributed by atoms with E-state index in [2.05, 4.69) is 0 Å². The van der Waals surface area contributed by atoms with E-state index in [4.69, 9.17) is 5.11 Å². The second kappa shape index (κ2) is 5.21. The molecule has 1 amide bonds. The monoisotopic (exact) mass is 247 g/mol. The Morgan fingerprint density at radius 1 is 1.28 bits per heavy atom. The van der Waals surface area contributed by atoms with Gasteiger partial charge >= 0.3 is 5.97 Å². The molecule has 1 saturated carbocycles. The number of carbonyl (C=O) groups is 2. The van der Waals surface area contributed by atoms with Crippen LogP contribution in [0.5, 0.6) is 0 Å². The van der Waals surface area contributed by atoms with Gasteiger partial charge in [-0.25, -0.2) is 0 Å². The van der Waals surface area contributed by atoms with Crippen LogP contribution in [-0.4, -0.2) is 35.5 Å². The summed E-state index contributed by atoms with van der Waals surface area (Å²) in [6.45, 7) is 0.631. The second-order valence-corrected chi connectivity index (χ2v) is 4.78. The zero-order valence-corrected chi connectivity index (χ0v) is 10.4. The van der Waals surface area contributed by atoms with E-state index in [1.807, 2.05) is 30.3 Å². The van der Waals surface area contributed by atoms with Gasteiger partial charge in [-0.05, 0) is 18.4 Å². The van der Waals surface area contributed by atoms with Crippen LogP contribution >= 0.6 is 0 Å². The van der Waals surface area contributed by atoms with Crippen molar-refractivity contribution in [3.63, 3.8) is 0 Å². The van der Waals surface area contributed by atoms with Crippen LogP contribution in [0, 0.1) is 11.8 Å². The highest BCUT2D eigenvalue weighted by molar-refractivity contribution is 5.89. The molecule has 0 aromatic heterocycles. The molecule has 0 saturated heterocycles. The first kappa shape index (κ1) is 12.6. The van der Waals surface area contributed by atoms with E-state index in [1.165, 1.54) is 5.56 Å². The van der Waals surface area contributed by atoms with Crippen molar-refractivity contribution in [2.75, 3.05) is 13.6 Å². The Hall–Kier alpha value is -1.84. The van der Waals surface area contributed by atoms with Gasteiger partial charge in [0.15, 0.2) is 0 Å². The van der Waals surface area contributed by atoms with Gasteiger partial charge in [-0.15, -0.1) is 0 Å². The van der Waals surface area contributed by atoms with Crippen LogP contribution in [0.3, 0.4) is 0 Å². The van der Waals surface area contributed by atoms with Crippen LogP contribution < -0.4 is 0 Å². The number of likely N-dealkylation sites (N-methyl/N-ethyl adjacent to an activating group) is 1. The first-order chi connectivity index (χ1) is 8.59. The zero-order valence-electron chi connectivity index (χ0n) is 10.4. The molecule has 0 heterocycles. The number of hydrogen-bond donors (Lipinski definition) is 1. The number of rotatable bonds is 5. The Morgan fingerprint density at radius 3 is 2.50 bits per heavy atom. The van der Waals surface area contributed by atoms with Gasteiger partial charge in [0.1, 0.15) is 0 Å². The van der Waals surface area contributed by atoms with Gasteiger partial charge in [-0.2, -0.15) is 0 Å². The van der Waals surface area contributed by atoms with Gasteiger partial charge in [0.25, 0.3) is 0 Å². The lowest BCUT2D eigenvalue weighted by Gasteiger charge is -2.17. The highest BCUT2D eigenvalue weighted by Gasteiger charge is 2.49. The minimum absolute atomic E-state index is 0.0432. The summed E-state index contributed by atoms with van der Waals surface area (Å²) in [5.74, 6) is -1.66. The molecule has 4 nitrogen and oxygen atoms in total. The molecule has 2 atom stereocenters. The highest BCUT2D eigenvalue weighted by atomic mass is 16.4. The third kappa shape index (κ3) is 2.88. The molecule has 0 spiro atoms. The van der Waals surface area contributed by atoms with Crippen LogP contribution in [-0.2, 0) is 16.0 Å². The number of carboxylic acid groups (broad SMARTS) is 1. The largest absolute Gasteiger partial charge is 0.481 e. The summed E-state index contributed by atoms with van der Waals surface area (Å²) in [5, 5.41) is 8.79. The van der Waals surface area contributed by atoms with Crippen molar-refractivity contribution < 1.29 is 14.7 Å². The van der Waals surface area contributed by atoms with Gasteiger partial charge in [0.05, 0.1) is 11.8 Å². The number of carbonyl (C=O) groups excluding carboxylic acids is 1. The van der Waals surface area contributed by atoms with Crippen molar-refractivity contribution >= 4 is 11.9 Å². The van der Waals surface area contributed by atoms with Crippen LogP contribution in [0.4, 0.5) is 0 Å². The average molecular weight is 247 g/mol. The summed E-state index contributed by atoms with van der Waals surface area (Å²) in [5.41, 5.74) is 1.18. The number of nitrogens with zero attached hydrogens (tertiary/aromatic N) is 1. The van der Waals surface area contributed by atoms with Gasteiger partial charge in [0.2, 0.25) is 5.91 Å². The van der Waals surface area contributed by atoms with Crippen molar-refractivity contribution in [3.8, 4) is 0 Å². The van der Waals surface area contributed by atoms with Crippen molar-refractivity contribution in [2.24, 2.45) is 11.8 Å². The molecule has 18 heavy (non-hydrogen) atoms. The summed E-state index contributed by atoms with van der Waals surface area (Å²) in [7, 11) is 1.74. The van der Waals surface area contributed by atoms with E-state index < -0.39 is 11.9 Å². The van der Waals surface area contributed by atoms with Crippen molar-refractivity contribution in [2.45, 2.75) is 12.8 Å². The lowest BCUT2D eigenvalue weighted by atomic mass is 10.1. The number of aliphatic carboxylic acids is 1. The molecule has 1 aromatic rings. The van der Waals surface area contributed by atoms with Crippen molar-refractivity contribution in [3.05, 3.63) is 35.9 Å². The maximum absolute atomic E-state index is 11.9. The summed E-state index contributed by atoms with van der Waals surface area (Å²) >= 11 is 0. The minimum Gasteiger partial charge on any atom is -0.481 e. The number of amides is 1. The molecular weight excluding hydrogens is 230 g/mol.